The van der Waals surface area contributed by atoms with Crippen molar-refractivity contribution >= 4 is 17.0 Å². The van der Waals surface area contributed by atoms with Gasteiger partial charge in [-0.1, -0.05) is 42.5 Å². The van der Waals surface area contributed by atoms with Gasteiger partial charge in [0.25, 0.3) is 0 Å². The van der Waals surface area contributed by atoms with Crippen LogP contribution in [0, 0.1) is 0 Å². The summed E-state index contributed by atoms with van der Waals surface area (Å²) in [4.78, 5) is 12.1. The van der Waals surface area contributed by atoms with Gasteiger partial charge in [0.15, 0.2) is 0 Å². The highest BCUT2D eigenvalue weighted by Gasteiger charge is 2.17. The molecule has 3 rings (SSSR count). The predicted molar refractivity (Wildman–Crippen MR) is 92.5 cm³/mol. The third-order valence-corrected chi connectivity index (χ3v) is 4.02. The highest BCUT2D eigenvalue weighted by molar-refractivity contribution is 5.84. The predicted octanol–water partition coefficient (Wildman–Crippen LogP) is 3.14. The molecule has 2 aromatic carbocycles. The van der Waals surface area contributed by atoms with E-state index < -0.39 is 12.1 Å². The Kier molecular flexibility index (Phi) is 4.82. The number of nitrogens with one attached hydrogen (secondary N) is 1. The smallest absolute Gasteiger partial charge is 0.408 e. The quantitative estimate of drug-likeness (QED) is 0.758. The Bertz CT molecular complexity index is 827. The van der Waals surface area contributed by atoms with E-state index in [4.69, 9.17) is 4.74 Å². The summed E-state index contributed by atoms with van der Waals surface area (Å²) in [7, 11) is 1.96. The van der Waals surface area contributed by atoms with Gasteiger partial charge >= 0.3 is 6.09 Å². The lowest BCUT2D eigenvalue weighted by Crippen LogP contribution is -2.31. The molecule has 124 valence electrons. The Morgan fingerprint density at radius 2 is 1.96 bits per heavy atom. The molecule has 5 heteroatoms. The summed E-state index contributed by atoms with van der Waals surface area (Å²) in [5.41, 5.74) is 2.83. The van der Waals surface area contributed by atoms with Gasteiger partial charge < -0.3 is 19.7 Å². The molecule has 0 spiro atoms. The Morgan fingerprint density at radius 1 is 1.17 bits per heavy atom. The number of aryl methyl sites for hydroxylation is 1. The number of fused-ring (bicyclic) bond motifs is 1. The number of rotatable bonds is 5. The molecule has 0 saturated heterocycles. The fourth-order valence-corrected chi connectivity index (χ4v) is 2.76. The summed E-state index contributed by atoms with van der Waals surface area (Å²) in [6.45, 7) is -0.00515. The number of carbonyl (C=O) groups is 1. The third-order valence-electron chi connectivity index (χ3n) is 4.02. The second kappa shape index (κ2) is 7.19. The molecule has 0 aliphatic rings. The topological polar surface area (TPSA) is 63.5 Å². The normalized spacial score (nSPS) is 12.1. The molecule has 0 unspecified atom stereocenters. The van der Waals surface area contributed by atoms with Crippen molar-refractivity contribution in [1.29, 1.82) is 0 Å². The van der Waals surface area contributed by atoms with E-state index in [0.717, 1.165) is 22.0 Å². The number of aliphatic hydroxyl groups is 1. The van der Waals surface area contributed by atoms with Crippen LogP contribution in [-0.2, 0) is 18.4 Å². The van der Waals surface area contributed by atoms with Crippen molar-refractivity contribution in [3.05, 3.63) is 71.9 Å². The Morgan fingerprint density at radius 3 is 2.71 bits per heavy atom. The first-order chi connectivity index (χ1) is 11.7. The molecule has 5 nitrogen and oxygen atoms in total. The zero-order chi connectivity index (χ0) is 16.9. The molecular weight excluding hydrogens is 304 g/mol. The van der Waals surface area contributed by atoms with E-state index in [1.54, 1.807) is 0 Å². The van der Waals surface area contributed by atoms with Gasteiger partial charge in [0.2, 0.25) is 0 Å². The van der Waals surface area contributed by atoms with Crippen LogP contribution in [0.15, 0.2) is 60.8 Å². The molecule has 2 N–H and O–H groups in total. The first kappa shape index (κ1) is 16.1. The van der Waals surface area contributed by atoms with Crippen molar-refractivity contribution in [1.82, 2.24) is 9.88 Å². The lowest BCUT2D eigenvalue weighted by molar-refractivity contribution is 0.129. The largest absolute Gasteiger partial charge is 0.445 e. The van der Waals surface area contributed by atoms with Crippen molar-refractivity contribution < 1.29 is 14.6 Å². The average Bonchev–Trinajstić information content (AvgIpc) is 3.00. The number of hydrogen-bond acceptors (Lipinski definition) is 3. The van der Waals surface area contributed by atoms with Crippen molar-refractivity contribution in [2.45, 2.75) is 12.6 Å². The monoisotopic (exact) mass is 324 g/mol. The van der Waals surface area contributed by atoms with Crippen LogP contribution in [0.25, 0.3) is 10.9 Å². The molecule has 1 amide bonds. The van der Waals surface area contributed by atoms with Gasteiger partial charge in [-0.2, -0.15) is 0 Å². The van der Waals surface area contributed by atoms with Crippen LogP contribution in [0.1, 0.15) is 17.2 Å². The SMILES string of the molecule is Cn1ccc2c([C@@H](CO)NC(=O)OCc3ccccc3)cccc21. The second-order valence-corrected chi connectivity index (χ2v) is 5.65. The highest BCUT2D eigenvalue weighted by atomic mass is 16.5. The number of aromatic nitrogens is 1. The maximum absolute atomic E-state index is 12.1. The van der Waals surface area contributed by atoms with Crippen molar-refractivity contribution in [2.75, 3.05) is 6.61 Å². The number of amides is 1. The summed E-state index contributed by atoms with van der Waals surface area (Å²) in [6, 6.07) is 16.8. The van der Waals surface area contributed by atoms with Crippen LogP contribution >= 0.6 is 0 Å². The molecule has 1 aromatic heterocycles. The minimum Gasteiger partial charge on any atom is -0.445 e. The highest BCUT2D eigenvalue weighted by Crippen LogP contribution is 2.25. The molecule has 0 aliphatic carbocycles. The second-order valence-electron chi connectivity index (χ2n) is 5.65. The van der Waals surface area contributed by atoms with E-state index in [0.29, 0.717) is 0 Å². The van der Waals surface area contributed by atoms with E-state index in [1.165, 1.54) is 0 Å². The maximum atomic E-state index is 12.1. The van der Waals surface area contributed by atoms with Crippen molar-refractivity contribution in [3.63, 3.8) is 0 Å². The first-order valence-corrected chi connectivity index (χ1v) is 7.81. The number of aliphatic hydroxyl groups excluding tert-OH is 1. The number of alkyl carbamates (subject to hydrolysis) is 1. The summed E-state index contributed by atoms with van der Waals surface area (Å²) in [6.07, 6.45) is 1.40. The van der Waals surface area contributed by atoms with E-state index >= 15 is 0 Å². The van der Waals surface area contributed by atoms with Gasteiger partial charge in [-0.05, 0) is 23.3 Å². The number of carbonyl (C=O) groups excluding carboxylic acids is 1. The molecular formula is C19H20N2O3. The average molecular weight is 324 g/mol. The Balaban J connectivity index is 1.70. The van der Waals surface area contributed by atoms with Crippen LogP contribution in [0.5, 0.6) is 0 Å². The minimum absolute atomic E-state index is 0.195. The van der Waals surface area contributed by atoms with Crippen LogP contribution in [-0.4, -0.2) is 22.4 Å². The maximum Gasteiger partial charge on any atom is 0.408 e. The summed E-state index contributed by atoms with van der Waals surface area (Å²) in [5, 5.41) is 13.4. The van der Waals surface area contributed by atoms with Gasteiger partial charge in [-0.15, -0.1) is 0 Å². The molecule has 0 bridgehead atoms. The molecule has 0 saturated carbocycles. The van der Waals surface area contributed by atoms with Gasteiger partial charge in [0.1, 0.15) is 6.61 Å². The Labute approximate surface area is 140 Å². The van der Waals surface area contributed by atoms with Gasteiger partial charge in [0.05, 0.1) is 12.6 Å². The fourth-order valence-electron chi connectivity index (χ4n) is 2.76. The van der Waals surface area contributed by atoms with E-state index in [2.05, 4.69) is 5.32 Å². The zero-order valence-electron chi connectivity index (χ0n) is 13.5. The van der Waals surface area contributed by atoms with Crippen molar-refractivity contribution in [3.8, 4) is 0 Å². The van der Waals surface area contributed by atoms with E-state index in [-0.39, 0.29) is 13.2 Å². The molecule has 3 aromatic rings. The fraction of sp³-hybridized carbons (Fsp3) is 0.211. The molecule has 0 fully saturated rings. The molecule has 0 aliphatic heterocycles. The number of hydrogen-bond donors (Lipinski definition) is 2. The van der Waals surface area contributed by atoms with E-state index in [9.17, 15) is 9.90 Å². The van der Waals surface area contributed by atoms with Crippen LogP contribution in [0.4, 0.5) is 4.79 Å². The van der Waals surface area contributed by atoms with Crippen LogP contribution in [0.2, 0.25) is 0 Å². The summed E-state index contributed by atoms with van der Waals surface area (Å²) < 4.78 is 7.23. The molecule has 24 heavy (non-hydrogen) atoms. The van der Waals surface area contributed by atoms with Gasteiger partial charge in [0, 0.05) is 24.1 Å². The molecule has 1 atom stereocenters. The van der Waals surface area contributed by atoms with E-state index in [1.807, 2.05) is 72.4 Å². The zero-order valence-corrected chi connectivity index (χ0v) is 13.5. The number of nitrogens with zero attached hydrogens (tertiary/aromatic N) is 1. The van der Waals surface area contributed by atoms with Crippen LogP contribution in [0.3, 0.4) is 0 Å². The number of benzene rings is 2. The minimum atomic E-state index is -0.550. The third kappa shape index (κ3) is 3.41. The molecule has 1 heterocycles. The van der Waals surface area contributed by atoms with Gasteiger partial charge in [-0.3, -0.25) is 0 Å². The summed E-state index contributed by atoms with van der Waals surface area (Å²) in [5.74, 6) is 0. The number of ether oxygens (including phenoxy) is 1. The first-order valence-electron chi connectivity index (χ1n) is 7.81. The Hall–Kier alpha value is -2.79. The lowest BCUT2D eigenvalue weighted by Gasteiger charge is -2.18. The standard InChI is InChI=1S/C19H20N2O3/c1-21-11-10-16-15(8-5-9-18(16)21)17(12-22)20-19(23)24-13-14-6-3-2-4-7-14/h2-11,17,22H,12-13H2,1H3,(H,20,23)/t17-/m1/s1. The van der Waals surface area contributed by atoms with Crippen LogP contribution < -0.4 is 5.32 Å². The molecule has 0 radical (unpaired) electrons. The van der Waals surface area contributed by atoms with Gasteiger partial charge in [-0.25, -0.2) is 4.79 Å². The van der Waals surface area contributed by atoms with Crippen molar-refractivity contribution in [2.24, 2.45) is 7.05 Å². The lowest BCUT2D eigenvalue weighted by atomic mass is 10.0. The summed E-state index contributed by atoms with van der Waals surface area (Å²) >= 11 is 0.